The van der Waals surface area contributed by atoms with Crippen LogP contribution in [-0.4, -0.2) is 42.0 Å². The maximum atomic E-state index is 15.1. The largest absolute Gasteiger partial charge is 0.465 e. The summed E-state index contributed by atoms with van der Waals surface area (Å²) in [6.07, 6.45) is -1.84. The fraction of sp³-hybridized carbons (Fsp3) is 0.458. The Morgan fingerprint density at radius 1 is 0.900 bits per heavy atom. The molecule has 6 heteroatoms. The summed E-state index contributed by atoms with van der Waals surface area (Å²) >= 11 is 1.44. The van der Waals surface area contributed by atoms with Crippen molar-refractivity contribution in [3.8, 4) is 0 Å². The van der Waals surface area contributed by atoms with Gasteiger partial charge >= 0.3 is 5.97 Å². The molecule has 4 atom stereocenters. The molecular weight excluding hydrogens is 403 g/mol. The first-order chi connectivity index (χ1) is 14.4. The Morgan fingerprint density at radius 3 is 2.03 bits per heavy atom. The second kappa shape index (κ2) is 10.9. The third-order valence-electron chi connectivity index (χ3n) is 5.07. The Balaban J connectivity index is 1.59. The Hall–Kier alpha value is -1.89. The summed E-state index contributed by atoms with van der Waals surface area (Å²) in [6, 6.07) is 16.2. The number of carbonyl (C=O) groups excluding carboxylic acids is 1. The third-order valence-corrected chi connectivity index (χ3v) is 6.57. The van der Waals surface area contributed by atoms with Crippen LogP contribution >= 0.6 is 11.8 Å². The second-order valence-corrected chi connectivity index (χ2v) is 9.21. The van der Waals surface area contributed by atoms with Crippen molar-refractivity contribution in [3.63, 3.8) is 0 Å². The first kappa shape index (κ1) is 22.8. The summed E-state index contributed by atoms with van der Waals surface area (Å²) in [5.41, 5.74) is 4.44. The summed E-state index contributed by atoms with van der Waals surface area (Å²) in [4.78, 5) is 11.2. The maximum absolute atomic E-state index is 15.1. The first-order valence-electron chi connectivity index (χ1n) is 10.2. The van der Waals surface area contributed by atoms with Gasteiger partial charge < -0.3 is 14.2 Å². The third kappa shape index (κ3) is 6.56. The molecule has 1 saturated heterocycles. The number of esters is 1. The van der Waals surface area contributed by atoms with Gasteiger partial charge in [0.15, 0.2) is 0 Å². The van der Waals surface area contributed by atoms with Crippen molar-refractivity contribution < 1.29 is 23.4 Å². The van der Waals surface area contributed by atoms with Crippen molar-refractivity contribution in [1.82, 2.24) is 0 Å². The molecule has 4 nitrogen and oxygen atoms in total. The molecule has 0 aliphatic carbocycles. The van der Waals surface area contributed by atoms with E-state index in [-0.39, 0.29) is 11.9 Å². The van der Waals surface area contributed by atoms with Crippen molar-refractivity contribution in [2.45, 2.75) is 56.8 Å². The highest BCUT2D eigenvalue weighted by Crippen LogP contribution is 2.39. The van der Waals surface area contributed by atoms with Crippen molar-refractivity contribution in [1.29, 1.82) is 0 Å². The molecule has 1 aliphatic heterocycles. The van der Waals surface area contributed by atoms with E-state index in [0.717, 1.165) is 11.1 Å². The molecule has 30 heavy (non-hydrogen) atoms. The monoisotopic (exact) mass is 432 g/mol. The van der Waals surface area contributed by atoms with Gasteiger partial charge in [0.05, 0.1) is 30.3 Å². The SMILES string of the molecule is CC(=O)OCC1S[C@H](COCc2ccc(C)cc2)[C@@H](OCc2ccc(C)cc2)[C@@H]1F. The van der Waals surface area contributed by atoms with Crippen molar-refractivity contribution in [2.24, 2.45) is 0 Å². The van der Waals surface area contributed by atoms with Gasteiger partial charge in [0, 0.05) is 6.92 Å². The van der Waals surface area contributed by atoms with Gasteiger partial charge in [-0.2, -0.15) is 0 Å². The molecule has 1 aliphatic rings. The lowest BCUT2D eigenvalue weighted by Crippen LogP contribution is -2.35. The summed E-state index contributed by atoms with van der Waals surface area (Å²) < 4.78 is 32.1. The minimum Gasteiger partial charge on any atom is -0.465 e. The molecule has 0 spiro atoms. The second-order valence-electron chi connectivity index (χ2n) is 7.72. The molecule has 0 radical (unpaired) electrons. The number of alkyl halides is 1. The highest BCUT2D eigenvalue weighted by Gasteiger charge is 2.46. The van der Waals surface area contributed by atoms with Gasteiger partial charge in [-0.15, -0.1) is 11.8 Å². The minimum atomic E-state index is -1.23. The predicted octanol–water partition coefficient (Wildman–Crippen LogP) is 4.79. The maximum Gasteiger partial charge on any atom is 0.302 e. The molecule has 1 unspecified atom stereocenters. The van der Waals surface area contributed by atoms with E-state index in [0.29, 0.717) is 19.8 Å². The Kier molecular flexibility index (Phi) is 8.31. The number of thioether (sulfide) groups is 1. The van der Waals surface area contributed by atoms with Gasteiger partial charge in [-0.05, 0) is 25.0 Å². The van der Waals surface area contributed by atoms with E-state index in [4.69, 9.17) is 14.2 Å². The van der Waals surface area contributed by atoms with E-state index >= 15 is 4.39 Å². The number of aryl methyl sites for hydroxylation is 2. The van der Waals surface area contributed by atoms with E-state index in [1.807, 2.05) is 62.4 Å². The summed E-state index contributed by atoms with van der Waals surface area (Å²) in [5, 5.41) is -0.624. The Bertz CT molecular complexity index is 809. The van der Waals surface area contributed by atoms with Crippen LogP contribution in [0.15, 0.2) is 48.5 Å². The van der Waals surface area contributed by atoms with E-state index < -0.39 is 23.5 Å². The lowest BCUT2D eigenvalue weighted by atomic mass is 10.1. The van der Waals surface area contributed by atoms with Crippen LogP contribution in [0.4, 0.5) is 4.39 Å². The molecule has 0 N–H and O–H groups in total. The van der Waals surface area contributed by atoms with Crippen molar-refractivity contribution >= 4 is 17.7 Å². The summed E-state index contributed by atoms with van der Waals surface area (Å²) in [7, 11) is 0. The number of ether oxygens (including phenoxy) is 3. The van der Waals surface area contributed by atoms with E-state index in [9.17, 15) is 4.79 Å². The molecular formula is C24H29FO4S. The summed E-state index contributed by atoms with van der Waals surface area (Å²) in [6.45, 7) is 6.61. The van der Waals surface area contributed by atoms with Gasteiger partial charge in [0.25, 0.3) is 0 Å². The quantitative estimate of drug-likeness (QED) is 0.533. The molecule has 162 valence electrons. The van der Waals surface area contributed by atoms with Crippen LogP contribution in [0.3, 0.4) is 0 Å². The average Bonchev–Trinajstić information content (AvgIpc) is 3.02. The highest BCUT2D eigenvalue weighted by molar-refractivity contribution is 8.01. The van der Waals surface area contributed by atoms with E-state index in [2.05, 4.69) is 0 Å². The molecule has 2 aromatic rings. The van der Waals surface area contributed by atoms with Gasteiger partial charge in [-0.1, -0.05) is 59.7 Å². The number of hydrogen-bond donors (Lipinski definition) is 0. The molecule has 0 aromatic heterocycles. The Labute approximate surface area is 182 Å². The lowest BCUT2D eigenvalue weighted by Gasteiger charge is -2.21. The fourth-order valence-electron chi connectivity index (χ4n) is 3.31. The van der Waals surface area contributed by atoms with Crippen molar-refractivity contribution in [3.05, 3.63) is 70.8 Å². The van der Waals surface area contributed by atoms with Crippen LogP contribution in [0.5, 0.6) is 0 Å². The molecule has 2 aromatic carbocycles. The van der Waals surface area contributed by atoms with Crippen LogP contribution in [-0.2, 0) is 32.2 Å². The fourth-order valence-corrected chi connectivity index (χ4v) is 4.77. The molecule has 1 fully saturated rings. The zero-order valence-corrected chi connectivity index (χ0v) is 18.5. The number of benzene rings is 2. The van der Waals surface area contributed by atoms with Gasteiger partial charge in [0.2, 0.25) is 0 Å². The zero-order valence-electron chi connectivity index (χ0n) is 17.7. The first-order valence-corrected chi connectivity index (χ1v) is 11.1. The molecule has 0 bridgehead atoms. The number of carbonyl (C=O) groups is 1. The van der Waals surface area contributed by atoms with Crippen LogP contribution in [0.1, 0.15) is 29.2 Å². The van der Waals surface area contributed by atoms with Crippen LogP contribution in [0, 0.1) is 13.8 Å². The zero-order chi connectivity index (χ0) is 21.5. The number of hydrogen-bond acceptors (Lipinski definition) is 5. The topological polar surface area (TPSA) is 44.8 Å². The van der Waals surface area contributed by atoms with E-state index in [1.165, 1.54) is 29.8 Å². The normalized spacial score (nSPS) is 23.5. The average molecular weight is 433 g/mol. The van der Waals surface area contributed by atoms with Crippen LogP contribution in [0.25, 0.3) is 0 Å². The lowest BCUT2D eigenvalue weighted by molar-refractivity contribution is -0.141. The number of rotatable bonds is 9. The summed E-state index contributed by atoms with van der Waals surface area (Å²) in [5.74, 6) is -0.404. The minimum absolute atomic E-state index is 0.0417. The highest BCUT2D eigenvalue weighted by atomic mass is 32.2. The predicted molar refractivity (Wildman–Crippen MR) is 117 cm³/mol. The van der Waals surface area contributed by atoms with Gasteiger partial charge in [0.1, 0.15) is 18.9 Å². The van der Waals surface area contributed by atoms with Gasteiger partial charge in [-0.3, -0.25) is 4.79 Å². The molecule has 1 heterocycles. The van der Waals surface area contributed by atoms with Crippen LogP contribution in [0.2, 0.25) is 0 Å². The number of halogens is 1. The molecule has 3 rings (SSSR count). The van der Waals surface area contributed by atoms with Crippen molar-refractivity contribution in [2.75, 3.05) is 13.2 Å². The molecule has 0 saturated carbocycles. The standard InChI is InChI=1S/C24H29FO4S/c1-16-4-8-19(9-5-16)12-27-14-22-24(23(25)21(30-22)15-28-18(3)26)29-13-20-10-6-17(2)7-11-20/h4-11,21-24H,12-15H2,1-3H3/t21?,22-,23-,24-/m1/s1. The van der Waals surface area contributed by atoms with E-state index in [1.54, 1.807) is 0 Å². The molecule has 0 amide bonds. The Morgan fingerprint density at radius 2 is 1.47 bits per heavy atom. The smallest absolute Gasteiger partial charge is 0.302 e. The van der Waals surface area contributed by atoms with Crippen LogP contribution < -0.4 is 0 Å². The van der Waals surface area contributed by atoms with Gasteiger partial charge in [-0.25, -0.2) is 4.39 Å².